The zero-order chi connectivity index (χ0) is 13.1. The van der Waals surface area contributed by atoms with Crippen molar-refractivity contribution in [3.8, 4) is 0 Å². The first-order valence-electron chi connectivity index (χ1n) is 6.05. The lowest BCUT2D eigenvalue weighted by Crippen LogP contribution is -2.32. The maximum Gasteiger partial charge on any atom is 0.251 e. The fraction of sp³-hybridized carbons (Fsp3) is 0.462. The van der Waals surface area contributed by atoms with Gasteiger partial charge in [-0.25, -0.2) is 4.39 Å². The fourth-order valence-corrected chi connectivity index (χ4v) is 3.27. The summed E-state index contributed by atoms with van der Waals surface area (Å²) in [5.41, 5.74) is 5.83. The van der Waals surface area contributed by atoms with E-state index in [0.717, 1.165) is 12.1 Å². The van der Waals surface area contributed by atoms with E-state index in [2.05, 4.69) is 12.2 Å². The lowest BCUT2D eigenvalue weighted by Gasteiger charge is -2.30. The predicted octanol–water partition coefficient (Wildman–Crippen LogP) is 2.62. The van der Waals surface area contributed by atoms with Gasteiger partial charge in [0.25, 0.3) is 5.91 Å². The molecule has 0 bridgehead atoms. The van der Waals surface area contributed by atoms with E-state index >= 15 is 0 Å². The van der Waals surface area contributed by atoms with Crippen LogP contribution in [0.5, 0.6) is 0 Å². The van der Waals surface area contributed by atoms with Crippen molar-refractivity contribution in [3.63, 3.8) is 0 Å². The van der Waals surface area contributed by atoms with Gasteiger partial charge in [-0.3, -0.25) is 4.79 Å². The predicted molar refractivity (Wildman–Crippen MR) is 73.5 cm³/mol. The minimum Gasteiger partial charge on any atom is -0.381 e. The Hall–Kier alpha value is -1.23. The van der Waals surface area contributed by atoms with Crippen molar-refractivity contribution < 1.29 is 9.18 Å². The van der Waals surface area contributed by atoms with Crippen molar-refractivity contribution >= 4 is 23.4 Å². The normalized spacial score (nSPS) is 23.7. The molecule has 1 heterocycles. The van der Waals surface area contributed by atoms with Gasteiger partial charge >= 0.3 is 0 Å². The second kappa shape index (κ2) is 5.61. The molecule has 0 aromatic heterocycles. The number of hydrogen-bond acceptors (Lipinski definition) is 3. The third-order valence-corrected chi connectivity index (χ3v) is 4.57. The first kappa shape index (κ1) is 13.2. The van der Waals surface area contributed by atoms with Gasteiger partial charge in [0.15, 0.2) is 0 Å². The van der Waals surface area contributed by atoms with E-state index < -0.39 is 11.7 Å². The first-order chi connectivity index (χ1) is 8.58. The van der Waals surface area contributed by atoms with Gasteiger partial charge in [0.2, 0.25) is 0 Å². The lowest BCUT2D eigenvalue weighted by atomic mass is 10.1. The van der Waals surface area contributed by atoms with Crippen molar-refractivity contribution in [2.24, 2.45) is 5.73 Å². The zero-order valence-corrected chi connectivity index (χ0v) is 11.1. The highest BCUT2D eigenvalue weighted by Crippen LogP contribution is 2.28. The molecule has 0 radical (unpaired) electrons. The highest BCUT2D eigenvalue weighted by Gasteiger charge is 2.22. The Labute approximate surface area is 110 Å². The Kier molecular flexibility index (Phi) is 4.11. The molecule has 1 fully saturated rings. The molecular formula is C13H17FN2OS. The number of carbonyl (C=O) groups is 1. The number of nitrogens with one attached hydrogen (secondary N) is 1. The van der Waals surface area contributed by atoms with Crippen LogP contribution in [0.3, 0.4) is 0 Å². The number of thioether (sulfide) groups is 1. The second-order valence-electron chi connectivity index (χ2n) is 4.53. The van der Waals surface area contributed by atoms with Crippen LogP contribution in [0.1, 0.15) is 30.1 Å². The molecule has 2 rings (SSSR count). The Balaban J connectivity index is 2.14. The molecule has 1 aliphatic rings. The number of primary amides is 1. The summed E-state index contributed by atoms with van der Waals surface area (Å²) >= 11 is 1.93. The Bertz CT molecular complexity index is 453. The van der Waals surface area contributed by atoms with Gasteiger partial charge in [-0.1, -0.05) is 6.92 Å². The largest absolute Gasteiger partial charge is 0.381 e. The van der Waals surface area contributed by atoms with Gasteiger partial charge in [0.05, 0.1) is 5.56 Å². The van der Waals surface area contributed by atoms with Gasteiger partial charge in [0.1, 0.15) is 5.82 Å². The molecule has 5 heteroatoms. The van der Waals surface area contributed by atoms with E-state index in [1.165, 1.54) is 24.3 Å². The van der Waals surface area contributed by atoms with Crippen LogP contribution >= 0.6 is 11.8 Å². The zero-order valence-electron chi connectivity index (χ0n) is 10.3. The molecule has 98 valence electrons. The monoisotopic (exact) mass is 268 g/mol. The molecule has 3 nitrogen and oxygen atoms in total. The molecule has 1 saturated heterocycles. The average Bonchev–Trinajstić information content (AvgIpc) is 2.34. The van der Waals surface area contributed by atoms with E-state index in [1.807, 2.05) is 11.8 Å². The van der Waals surface area contributed by atoms with Gasteiger partial charge in [-0.15, -0.1) is 0 Å². The number of rotatable bonds is 3. The van der Waals surface area contributed by atoms with E-state index in [9.17, 15) is 9.18 Å². The number of halogens is 1. The number of carbonyl (C=O) groups excluding carboxylic acids is 1. The maximum atomic E-state index is 13.3. The van der Waals surface area contributed by atoms with E-state index in [1.54, 1.807) is 6.07 Å². The summed E-state index contributed by atoms with van der Waals surface area (Å²) < 4.78 is 13.3. The van der Waals surface area contributed by atoms with E-state index in [4.69, 9.17) is 5.73 Å². The number of hydrogen-bond donors (Lipinski definition) is 2. The maximum absolute atomic E-state index is 13.3. The van der Waals surface area contributed by atoms with Gasteiger partial charge < -0.3 is 11.1 Å². The molecule has 3 N–H and O–H groups in total. The Morgan fingerprint density at radius 3 is 3.00 bits per heavy atom. The molecule has 0 saturated carbocycles. The molecule has 1 aromatic carbocycles. The summed E-state index contributed by atoms with van der Waals surface area (Å²) in [6.45, 7) is 2.18. The smallest absolute Gasteiger partial charge is 0.251 e. The van der Waals surface area contributed by atoms with Crippen molar-refractivity contribution in [2.45, 2.75) is 31.1 Å². The summed E-state index contributed by atoms with van der Waals surface area (Å²) in [6.07, 6.45) is 2.27. The molecule has 2 atom stereocenters. The summed E-state index contributed by atoms with van der Waals surface area (Å²) in [4.78, 5) is 11.1. The van der Waals surface area contributed by atoms with Crippen molar-refractivity contribution in [1.82, 2.24) is 0 Å². The van der Waals surface area contributed by atoms with E-state index in [0.29, 0.717) is 11.3 Å². The summed E-state index contributed by atoms with van der Waals surface area (Å²) in [5, 5.41) is 3.87. The molecular weight excluding hydrogens is 251 g/mol. The highest BCUT2D eigenvalue weighted by molar-refractivity contribution is 8.00. The fourth-order valence-electron chi connectivity index (χ4n) is 2.13. The van der Waals surface area contributed by atoms with Crippen molar-refractivity contribution in [1.29, 1.82) is 0 Å². The van der Waals surface area contributed by atoms with Crippen molar-refractivity contribution in [2.75, 3.05) is 11.1 Å². The number of benzene rings is 1. The lowest BCUT2D eigenvalue weighted by molar-refractivity contribution is 0.0996. The van der Waals surface area contributed by atoms with Crippen LogP contribution in [-0.2, 0) is 0 Å². The van der Waals surface area contributed by atoms with Crippen LogP contribution in [0.2, 0.25) is 0 Å². The molecule has 0 aliphatic carbocycles. The third kappa shape index (κ3) is 2.96. The van der Waals surface area contributed by atoms with Crippen LogP contribution in [0, 0.1) is 5.82 Å². The van der Waals surface area contributed by atoms with Gasteiger partial charge in [-0.2, -0.15) is 11.8 Å². The van der Waals surface area contributed by atoms with Crippen LogP contribution in [0.4, 0.5) is 10.1 Å². The Morgan fingerprint density at radius 2 is 2.33 bits per heavy atom. The van der Waals surface area contributed by atoms with Gasteiger partial charge in [0, 0.05) is 17.0 Å². The Morgan fingerprint density at radius 1 is 1.56 bits per heavy atom. The van der Waals surface area contributed by atoms with Crippen LogP contribution in [-0.4, -0.2) is 23.0 Å². The number of nitrogens with two attached hydrogens (primary N) is 1. The standard InChI is InChI=1S/C13H17FN2OS/c1-8-12(3-2-6-18-8)16-9-4-5-11(14)10(7-9)13(15)17/h4-5,7-8,12,16H,2-3,6H2,1H3,(H2,15,17). The SMILES string of the molecule is CC1SCCCC1Nc1ccc(F)c(C(N)=O)c1. The van der Waals surface area contributed by atoms with Gasteiger partial charge in [-0.05, 0) is 36.8 Å². The molecule has 1 amide bonds. The molecule has 18 heavy (non-hydrogen) atoms. The summed E-state index contributed by atoms with van der Waals surface area (Å²) in [7, 11) is 0. The van der Waals surface area contributed by atoms with E-state index in [-0.39, 0.29) is 5.56 Å². The highest BCUT2D eigenvalue weighted by atomic mass is 32.2. The first-order valence-corrected chi connectivity index (χ1v) is 7.10. The minimum absolute atomic E-state index is 0.0592. The molecule has 1 aromatic rings. The third-order valence-electron chi connectivity index (χ3n) is 3.19. The molecule has 2 unspecified atom stereocenters. The van der Waals surface area contributed by atoms with Crippen molar-refractivity contribution in [3.05, 3.63) is 29.6 Å². The molecule has 0 spiro atoms. The van der Waals surface area contributed by atoms with Crippen LogP contribution < -0.4 is 11.1 Å². The summed E-state index contributed by atoms with van der Waals surface area (Å²) in [6, 6.07) is 4.77. The number of anilines is 1. The van der Waals surface area contributed by atoms with Crippen LogP contribution in [0.25, 0.3) is 0 Å². The summed E-state index contributed by atoms with van der Waals surface area (Å²) in [5.74, 6) is -0.115. The quantitative estimate of drug-likeness (QED) is 0.886. The topological polar surface area (TPSA) is 55.1 Å². The van der Waals surface area contributed by atoms with Crippen LogP contribution in [0.15, 0.2) is 18.2 Å². The average molecular weight is 268 g/mol. The number of amides is 1. The second-order valence-corrected chi connectivity index (χ2v) is 6.01. The minimum atomic E-state index is -0.734. The molecule has 1 aliphatic heterocycles.